The van der Waals surface area contributed by atoms with Gasteiger partial charge in [-0.15, -0.1) is 11.3 Å². The Bertz CT molecular complexity index is 361. The third kappa shape index (κ3) is 2.44. The van der Waals surface area contributed by atoms with Gasteiger partial charge < -0.3 is 5.11 Å². The van der Waals surface area contributed by atoms with Crippen LogP contribution in [0.3, 0.4) is 0 Å². The Kier molecular flexibility index (Phi) is 3.62. The summed E-state index contributed by atoms with van der Waals surface area (Å²) in [4.78, 5) is 1.04. The molecule has 0 radical (unpaired) electrons. The Balaban J connectivity index is 2.18. The number of hydrogen-bond donors (Lipinski definition) is 1. The van der Waals surface area contributed by atoms with E-state index in [1.165, 1.54) is 17.8 Å². The van der Waals surface area contributed by atoms with Gasteiger partial charge in [0.2, 0.25) is 0 Å². The lowest BCUT2D eigenvalue weighted by Crippen LogP contribution is -2.33. The highest BCUT2D eigenvalue weighted by atomic mass is 35.5. The first-order valence-electron chi connectivity index (χ1n) is 5.99. The Hall–Kier alpha value is -0.0500. The molecule has 0 saturated heterocycles. The smallest absolute Gasteiger partial charge is 0.0991 e. The van der Waals surface area contributed by atoms with E-state index in [1.54, 1.807) is 0 Å². The molecule has 1 N–H and O–H groups in total. The third-order valence-electron chi connectivity index (χ3n) is 3.74. The second-order valence-corrected chi connectivity index (χ2v) is 6.95. The third-order valence-corrected chi connectivity index (χ3v) is 5.16. The number of hydrogen-bond acceptors (Lipinski definition) is 2. The summed E-state index contributed by atoms with van der Waals surface area (Å²) in [5, 5.41) is 10.7. The van der Waals surface area contributed by atoms with Crippen molar-refractivity contribution in [2.45, 2.75) is 45.1 Å². The molecule has 0 aromatic carbocycles. The van der Waals surface area contributed by atoms with Crippen LogP contribution in [0.4, 0.5) is 0 Å². The van der Waals surface area contributed by atoms with Crippen LogP contribution in [0.25, 0.3) is 0 Å². The molecule has 2 atom stereocenters. The fraction of sp³-hybridized carbons (Fsp3) is 0.692. The first kappa shape index (κ1) is 12.4. The maximum absolute atomic E-state index is 10.7. The van der Waals surface area contributed by atoms with Gasteiger partial charge in [-0.25, -0.2) is 0 Å². The molecule has 2 unspecified atom stereocenters. The summed E-state index contributed by atoms with van der Waals surface area (Å²) in [6.45, 7) is 4.50. The molecule has 16 heavy (non-hydrogen) atoms. The zero-order chi connectivity index (χ0) is 11.8. The molecular formula is C13H19ClOS. The van der Waals surface area contributed by atoms with E-state index in [2.05, 4.69) is 13.8 Å². The van der Waals surface area contributed by atoms with Crippen molar-refractivity contribution in [1.29, 1.82) is 0 Å². The van der Waals surface area contributed by atoms with Gasteiger partial charge in [0.05, 0.1) is 9.94 Å². The zero-order valence-corrected chi connectivity index (χ0v) is 11.4. The highest BCUT2D eigenvalue weighted by Crippen LogP contribution is 2.45. The molecule has 1 aromatic heterocycles. The van der Waals surface area contributed by atoms with Gasteiger partial charge in [0, 0.05) is 4.88 Å². The average molecular weight is 259 g/mol. The second kappa shape index (κ2) is 4.67. The predicted molar refractivity (Wildman–Crippen MR) is 70.0 cm³/mol. The molecule has 3 heteroatoms. The van der Waals surface area contributed by atoms with Crippen molar-refractivity contribution in [2.24, 2.45) is 11.8 Å². The van der Waals surface area contributed by atoms with Crippen LogP contribution >= 0.6 is 22.9 Å². The van der Waals surface area contributed by atoms with Gasteiger partial charge in [0.25, 0.3) is 0 Å². The maximum atomic E-state index is 10.7. The second-order valence-electron chi connectivity index (χ2n) is 5.24. The summed E-state index contributed by atoms with van der Waals surface area (Å²) in [5.74, 6) is 1.29. The Morgan fingerprint density at radius 1 is 1.50 bits per heavy atom. The van der Waals surface area contributed by atoms with Gasteiger partial charge in [0.1, 0.15) is 0 Å². The molecule has 1 heterocycles. The molecule has 0 bridgehead atoms. The average Bonchev–Trinajstić information content (AvgIpc) is 2.65. The summed E-state index contributed by atoms with van der Waals surface area (Å²) in [6.07, 6.45) is 4.14. The molecule has 0 amide bonds. The molecule has 1 aliphatic rings. The standard InChI is InChI=1S/C13H19ClOS/c1-9(2)10-4-3-7-13(15,8-10)11-5-6-12(14)16-11/h5-6,9-10,15H,3-4,7-8H2,1-2H3. The molecule has 0 aliphatic heterocycles. The highest BCUT2D eigenvalue weighted by Gasteiger charge is 2.37. The first-order valence-corrected chi connectivity index (χ1v) is 7.19. The van der Waals surface area contributed by atoms with Crippen molar-refractivity contribution in [1.82, 2.24) is 0 Å². The minimum absolute atomic E-state index is 0.620. The van der Waals surface area contributed by atoms with Crippen molar-refractivity contribution in [2.75, 3.05) is 0 Å². The summed E-state index contributed by atoms with van der Waals surface area (Å²) >= 11 is 7.47. The van der Waals surface area contributed by atoms with Crippen LogP contribution in [0.2, 0.25) is 4.34 Å². The molecule has 1 aliphatic carbocycles. The van der Waals surface area contributed by atoms with Crippen molar-refractivity contribution >= 4 is 22.9 Å². The fourth-order valence-electron chi connectivity index (χ4n) is 2.65. The van der Waals surface area contributed by atoms with E-state index in [1.807, 2.05) is 12.1 Å². The van der Waals surface area contributed by atoms with E-state index in [0.29, 0.717) is 11.8 Å². The lowest BCUT2D eigenvalue weighted by atomic mass is 9.73. The number of rotatable bonds is 2. The first-order chi connectivity index (χ1) is 7.51. The van der Waals surface area contributed by atoms with E-state index in [9.17, 15) is 5.11 Å². The normalized spacial score (nSPS) is 30.9. The van der Waals surface area contributed by atoms with Crippen molar-refractivity contribution in [3.8, 4) is 0 Å². The van der Waals surface area contributed by atoms with E-state index in [4.69, 9.17) is 11.6 Å². The Labute approximate surface area is 106 Å². The SMILES string of the molecule is CC(C)C1CCCC(O)(c2ccc(Cl)s2)C1. The van der Waals surface area contributed by atoms with Crippen LogP contribution in [-0.4, -0.2) is 5.11 Å². The number of thiophene rings is 1. The van der Waals surface area contributed by atoms with Crippen molar-refractivity contribution in [3.05, 3.63) is 21.3 Å². The Morgan fingerprint density at radius 3 is 2.81 bits per heavy atom. The monoisotopic (exact) mass is 258 g/mol. The van der Waals surface area contributed by atoms with Crippen LogP contribution in [0.15, 0.2) is 12.1 Å². The Morgan fingerprint density at radius 2 is 2.25 bits per heavy atom. The maximum Gasteiger partial charge on any atom is 0.0991 e. The van der Waals surface area contributed by atoms with Crippen molar-refractivity contribution < 1.29 is 5.11 Å². The van der Waals surface area contributed by atoms with Gasteiger partial charge in [-0.1, -0.05) is 25.4 Å². The molecule has 1 nitrogen and oxygen atoms in total. The van der Waals surface area contributed by atoms with Crippen molar-refractivity contribution in [3.63, 3.8) is 0 Å². The lowest BCUT2D eigenvalue weighted by molar-refractivity contribution is -0.0264. The van der Waals surface area contributed by atoms with Gasteiger partial charge in [-0.2, -0.15) is 0 Å². The largest absolute Gasteiger partial charge is 0.384 e. The van der Waals surface area contributed by atoms with Crippen LogP contribution in [0.5, 0.6) is 0 Å². The molecule has 90 valence electrons. The molecule has 2 rings (SSSR count). The van der Waals surface area contributed by atoms with Crippen LogP contribution in [-0.2, 0) is 5.60 Å². The number of halogens is 1. The zero-order valence-electron chi connectivity index (χ0n) is 9.87. The van der Waals surface area contributed by atoms with Gasteiger partial charge in [-0.3, -0.25) is 0 Å². The molecule has 1 fully saturated rings. The topological polar surface area (TPSA) is 20.2 Å². The van der Waals surface area contributed by atoms with E-state index >= 15 is 0 Å². The van der Waals surface area contributed by atoms with Crippen LogP contribution < -0.4 is 0 Å². The minimum atomic E-state index is -0.620. The number of aliphatic hydroxyl groups is 1. The predicted octanol–water partition coefficient (Wildman–Crippen LogP) is 4.44. The van der Waals surface area contributed by atoms with E-state index in [0.717, 1.165) is 28.5 Å². The van der Waals surface area contributed by atoms with Gasteiger partial charge >= 0.3 is 0 Å². The summed E-state index contributed by atoms with van der Waals surface area (Å²) in [5.41, 5.74) is -0.620. The van der Waals surface area contributed by atoms with Gasteiger partial charge in [0.15, 0.2) is 0 Å². The summed E-state index contributed by atoms with van der Waals surface area (Å²) in [6, 6.07) is 3.87. The summed E-state index contributed by atoms with van der Waals surface area (Å²) in [7, 11) is 0. The summed E-state index contributed by atoms with van der Waals surface area (Å²) < 4.78 is 0.773. The molecule has 0 spiro atoms. The van der Waals surface area contributed by atoms with Crippen LogP contribution in [0, 0.1) is 11.8 Å². The minimum Gasteiger partial charge on any atom is -0.384 e. The molecule has 1 saturated carbocycles. The van der Waals surface area contributed by atoms with E-state index < -0.39 is 5.60 Å². The molecular weight excluding hydrogens is 240 g/mol. The highest BCUT2D eigenvalue weighted by molar-refractivity contribution is 7.16. The fourth-order valence-corrected chi connectivity index (χ4v) is 3.82. The van der Waals surface area contributed by atoms with Crippen LogP contribution in [0.1, 0.15) is 44.4 Å². The van der Waals surface area contributed by atoms with Gasteiger partial charge in [-0.05, 0) is 49.7 Å². The lowest BCUT2D eigenvalue weighted by Gasteiger charge is -2.38. The quantitative estimate of drug-likeness (QED) is 0.832. The molecule has 1 aromatic rings. The van der Waals surface area contributed by atoms with E-state index in [-0.39, 0.29) is 0 Å².